The Hall–Kier alpha value is -2.68. The lowest BCUT2D eigenvalue weighted by Gasteiger charge is -2.31. The van der Waals surface area contributed by atoms with Gasteiger partial charge in [-0.2, -0.15) is 13.2 Å². The summed E-state index contributed by atoms with van der Waals surface area (Å²) < 4.78 is 99.3. The number of ether oxygens (including phenoxy) is 1. The summed E-state index contributed by atoms with van der Waals surface area (Å²) in [6, 6.07) is 8.20. The van der Waals surface area contributed by atoms with Gasteiger partial charge >= 0.3 is 12.2 Å². The highest BCUT2D eigenvalue weighted by Gasteiger charge is 2.38. The molecule has 1 aliphatic heterocycles. The van der Waals surface area contributed by atoms with Crippen molar-refractivity contribution in [1.29, 1.82) is 0 Å². The number of carbonyl (C=O) groups is 1. The number of alkyl halides is 3. The Morgan fingerprint density at radius 3 is 2.26 bits per heavy atom. The number of hydrogen-bond donors (Lipinski definition) is 1. The SMILES string of the molecule is CN(CCNS(=O)(=O)c1cc(S(=O)(=O)c2ccccc2)ccc1C(F)(F)F)C(=O)N1CCOCC1. The van der Waals surface area contributed by atoms with Crippen LogP contribution in [-0.2, 0) is 30.8 Å². The zero-order valence-electron chi connectivity index (χ0n) is 18.7. The fraction of sp³-hybridized carbons (Fsp3) is 0.381. The topological polar surface area (TPSA) is 113 Å². The monoisotopic (exact) mass is 535 g/mol. The van der Waals surface area contributed by atoms with Crippen molar-refractivity contribution in [3.05, 3.63) is 54.1 Å². The van der Waals surface area contributed by atoms with Crippen LogP contribution < -0.4 is 4.72 Å². The van der Waals surface area contributed by atoms with Crippen LogP contribution in [0.5, 0.6) is 0 Å². The maximum Gasteiger partial charge on any atom is 0.417 e. The van der Waals surface area contributed by atoms with Gasteiger partial charge in [0.15, 0.2) is 0 Å². The second-order valence-electron chi connectivity index (χ2n) is 7.67. The Kier molecular flexibility index (Phi) is 8.09. The lowest BCUT2D eigenvalue weighted by Crippen LogP contribution is -2.48. The lowest BCUT2D eigenvalue weighted by atomic mass is 10.2. The number of rotatable bonds is 7. The van der Waals surface area contributed by atoms with Crippen LogP contribution in [0.15, 0.2) is 63.2 Å². The van der Waals surface area contributed by atoms with E-state index >= 15 is 0 Å². The molecule has 0 saturated carbocycles. The summed E-state index contributed by atoms with van der Waals surface area (Å²) in [5.74, 6) is 0. The van der Waals surface area contributed by atoms with E-state index in [2.05, 4.69) is 0 Å². The molecule has 1 heterocycles. The second kappa shape index (κ2) is 10.5. The minimum atomic E-state index is -5.05. The van der Waals surface area contributed by atoms with Crippen molar-refractivity contribution in [3.63, 3.8) is 0 Å². The molecule has 14 heteroatoms. The molecule has 2 aromatic carbocycles. The van der Waals surface area contributed by atoms with E-state index in [1.807, 2.05) is 4.72 Å². The molecule has 35 heavy (non-hydrogen) atoms. The van der Waals surface area contributed by atoms with Gasteiger partial charge in [-0.05, 0) is 30.3 Å². The van der Waals surface area contributed by atoms with E-state index in [0.717, 1.165) is 6.07 Å². The molecule has 2 aromatic rings. The van der Waals surface area contributed by atoms with Gasteiger partial charge in [-0.25, -0.2) is 26.4 Å². The van der Waals surface area contributed by atoms with Crippen molar-refractivity contribution < 1.29 is 39.5 Å². The molecule has 0 aliphatic carbocycles. The maximum absolute atomic E-state index is 13.6. The molecule has 1 aliphatic rings. The number of hydrogen-bond acceptors (Lipinski definition) is 6. The van der Waals surface area contributed by atoms with E-state index in [4.69, 9.17) is 4.74 Å². The average molecular weight is 536 g/mol. The molecule has 0 spiro atoms. The Morgan fingerprint density at radius 2 is 1.66 bits per heavy atom. The van der Waals surface area contributed by atoms with E-state index in [0.29, 0.717) is 38.4 Å². The van der Waals surface area contributed by atoms with E-state index in [1.54, 1.807) is 6.07 Å². The van der Waals surface area contributed by atoms with Gasteiger partial charge in [0, 0.05) is 33.2 Å². The molecular weight excluding hydrogens is 511 g/mol. The lowest BCUT2D eigenvalue weighted by molar-refractivity contribution is -0.139. The van der Waals surface area contributed by atoms with E-state index in [1.165, 1.54) is 41.1 Å². The van der Waals surface area contributed by atoms with Crippen molar-refractivity contribution in [3.8, 4) is 0 Å². The van der Waals surface area contributed by atoms with Crippen molar-refractivity contribution in [2.45, 2.75) is 20.9 Å². The summed E-state index contributed by atoms with van der Waals surface area (Å²) in [5.41, 5.74) is -1.50. The van der Waals surface area contributed by atoms with Crippen LogP contribution in [0.3, 0.4) is 0 Å². The quantitative estimate of drug-likeness (QED) is 0.582. The van der Waals surface area contributed by atoms with Crippen LogP contribution in [0.4, 0.5) is 18.0 Å². The number of halogens is 3. The normalized spacial score (nSPS) is 15.1. The smallest absolute Gasteiger partial charge is 0.378 e. The third-order valence-electron chi connectivity index (χ3n) is 5.26. The number of urea groups is 1. The van der Waals surface area contributed by atoms with Gasteiger partial charge in [0.25, 0.3) is 0 Å². The number of nitrogens with one attached hydrogen (secondary N) is 1. The molecule has 1 saturated heterocycles. The van der Waals surface area contributed by atoms with Crippen molar-refractivity contribution in [1.82, 2.24) is 14.5 Å². The molecular formula is C21H24F3N3O6S2. The number of benzene rings is 2. The molecule has 2 amide bonds. The predicted molar refractivity (Wildman–Crippen MR) is 119 cm³/mol. The molecule has 3 rings (SSSR count). The first-order valence-corrected chi connectivity index (χ1v) is 13.4. The first-order chi connectivity index (χ1) is 16.3. The molecule has 0 radical (unpaired) electrons. The standard InChI is InChI=1S/C21H24F3N3O6S2/c1-26(20(28)27-11-13-33-14-12-27)10-9-25-35(31,32)19-15-17(7-8-18(19)21(22,23)24)34(29,30)16-5-3-2-4-6-16/h2-8,15,25H,9-14H2,1H3. The molecule has 0 unspecified atom stereocenters. The van der Waals surface area contributed by atoms with Crippen LogP contribution in [0, 0.1) is 0 Å². The van der Waals surface area contributed by atoms with Crippen molar-refractivity contribution in [2.24, 2.45) is 0 Å². The molecule has 9 nitrogen and oxygen atoms in total. The highest BCUT2D eigenvalue weighted by atomic mass is 32.2. The van der Waals surface area contributed by atoms with Gasteiger partial charge in [0.2, 0.25) is 19.9 Å². The number of sulfonamides is 1. The number of amides is 2. The Labute approximate surface area is 201 Å². The first-order valence-electron chi connectivity index (χ1n) is 10.4. The molecule has 0 atom stereocenters. The summed E-state index contributed by atoms with van der Waals surface area (Å²) in [5, 5.41) is 0. The number of sulfone groups is 1. The summed E-state index contributed by atoms with van der Waals surface area (Å²) in [6.07, 6.45) is -5.05. The zero-order valence-corrected chi connectivity index (χ0v) is 20.3. The fourth-order valence-electron chi connectivity index (χ4n) is 3.38. The summed E-state index contributed by atoms with van der Waals surface area (Å²) in [6.45, 7) is 0.961. The minimum Gasteiger partial charge on any atom is -0.378 e. The minimum absolute atomic E-state index is 0.126. The highest BCUT2D eigenvalue weighted by molar-refractivity contribution is 7.91. The number of morpholine rings is 1. The molecule has 1 N–H and O–H groups in total. The predicted octanol–water partition coefficient (Wildman–Crippen LogP) is 2.20. The largest absolute Gasteiger partial charge is 0.417 e. The van der Waals surface area contributed by atoms with Gasteiger partial charge < -0.3 is 14.5 Å². The van der Waals surface area contributed by atoms with Gasteiger partial charge in [0.05, 0.1) is 33.5 Å². The Morgan fingerprint density at radius 1 is 1.03 bits per heavy atom. The third-order valence-corrected chi connectivity index (χ3v) is 8.53. The summed E-state index contributed by atoms with van der Waals surface area (Å²) in [7, 11) is -7.63. The number of carbonyl (C=O) groups excluding carboxylic acids is 1. The third kappa shape index (κ3) is 6.31. The number of likely N-dealkylation sites (N-methyl/N-ethyl adjacent to an activating group) is 1. The Balaban J connectivity index is 1.84. The maximum atomic E-state index is 13.6. The van der Waals surface area contributed by atoms with Crippen LogP contribution in [0.25, 0.3) is 0 Å². The van der Waals surface area contributed by atoms with Gasteiger partial charge in [0.1, 0.15) is 0 Å². The van der Waals surface area contributed by atoms with Crippen LogP contribution >= 0.6 is 0 Å². The number of nitrogens with zero attached hydrogens (tertiary/aromatic N) is 2. The Bertz CT molecular complexity index is 1260. The highest BCUT2D eigenvalue weighted by Crippen LogP contribution is 2.36. The molecule has 192 valence electrons. The van der Waals surface area contributed by atoms with E-state index in [9.17, 15) is 34.8 Å². The molecule has 0 aromatic heterocycles. The molecule has 0 bridgehead atoms. The van der Waals surface area contributed by atoms with E-state index in [-0.39, 0.29) is 24.0 Å². The van der Waals surface area contributed by atoms with Gasteiger partial charge in [-0.15, -0.1) is 0 Å². The van der Waals surface area contributed by atoms with Crippen LogP contribution in [0.2, 0.25) is 0 Å². The van der Waals surface area contributed by atoms with Gasteiger partial charge in [-0.1, -0.05) is 18.2 Å². The summed E-state index contributed by atoms with van der Waals surface area (Å²) in [4.78, 5) is 13.1. The fourth-order valence-corrected chi connectivity index (χ4v) is 6.03. The van der Waals surface area contributed by atoms with E-state index < -0.39 is 41.4 Å². The average Bonchev–Trinajstić information content (AvgIpc) is 2.83. The summed E-state index contributed by atoms with van der Waals surface area (Å²) >= 11 is 0. The van der Waals surface area contributed by atoms with Gasteiger partial charge in [-0.3, -0.25) is 0 Å². The van der Waals surface area contributed by atoms with Crippen LogP contribution in [0.1, 0.15) is 5.56 Å². The second-order valence-corrected chi connectivity index (χ2v) is 11.4. The zero-order chi connectivity index (χ0) is 25.9. The first kappa shape index (κ1) is 26.9. The molecule has 1 fully saturated rings. The van der Waals surface area contributed by atoms with Crippen molar-refractivity contribution in [2.75, 3.05) is 46.4 Å². The van der Waals surface area contributed by atoms with Crippen LogP contribution in [-0.4, -0.2) is 79.1 Å². The van der Waals surface area contributed by atoms with Crippen molar-refractivity contribution >= 4 is 25.9 Å².